The molecule has 1 amide bonds. The number of rotatable bonds is 9. The van der Waals surface area contributed by atoms with Crippen molar-refractivity contribution in [2.24, 2.45) is 0 Å². The normalized spacial score (nSPS) is 12.1. The summed E-state index contributed by atoms with van der Waals surface area (Å²) in [5.41, 5.74) is 2.18. The number of methoxy groups -OCH3 is 1. The van der Waals surface area contributed by atoms with E-state index >= 15 is 0 Å². The van der Waals surface area contributed by atoms with Gasteiger partial charge in [0.2, 0.25) is 0 Å². The number of benzene rings is 3. The van der Waals surface area contributed by atoms with Gasteiger partial charge in [-0.25, -0.2) is 8.42 Å². The standard InChI is InChI=1S/C25H28N2O4S/c1-19(9-10-20-7-5-4-6-8-20)26-25(28)21-11-13-22(14-12-21)27(2)32(29,30)24-17-15-23(31-3)16-18-24/h4-8,11-19H,9-10H2,1-3H3,(H,26,28)/t19-/m0/s1. The summed E-state index contributed by atoms with van der Waals surface area (Å²) >= 11 is 0. The number of aryl methyl sites for hydroxylation is 1. The largest absolute Gasteiger partial charge is 0.497 e. The molecule has 0 saturated heterocycles. The van der Waals surface area contributed by atoms with Crippen LogP contribution >= 0.6 is 0 Å². The molecule has 168 valence electrons. The smallest absolute Gasteiger partial charge is 0.264 e. The first kappa shape index (κ1) is 23.3. The minimum absolute atomic E-state index is 0.0144. The maximum Gasteiger partial charge on any atom is 0.264 e. The fourth-order valence-electron chi connectivity index (χ4n) is 3.27. The van der Waals surface area contributed by atoms with Crippen molar-refractivity contribution in [1.29, 1.82) is 0 Å². The summed E-state index contributed by atoms with van der Waals surface area (Å²) in [7, 11) is -0.714. The summed E-state index contributed by atoms with van der Waals surface area (Å²) in [5, 5.41) is 3.00. The molecule has 0 aliphatic rings. The Bertz CT molecular complexity index is 1130. The topological polar surface area (TPSA) is 75.7 Å². The van der Waals surface area contributed by atoms with E-state index in [1.165, 1.54) is 36.2 Å². The molecule has 3 aromatic carbocycles. The number of carbonyl (C=O) groups is 1. The predicted molar refractivity (Wildman–Crippen MR) is 127 cm³/mol. The van der Waals surface area contributed by atoms with Gasteiger partial charge in [0.25, 0.3) is 15.9 Å². The first-order valence-electron chi connectivity index (χ1n) is 10.4. The van der Waals surface area contributed by atoms with Gasteiger partial charge < -0.3 is 10.1 Å². The molecule has 1 N–H and O–H groups in total. The van der Waals surface area contributed by atoms with Crippen LogP contribution < -0.4 is 14.4 Å². The van der Waals surface area contributed by atoms with Crippen LogP contribution in [0.4, 0.5) is 5.69 Å². The van der Waals surface area contributed by atoms with Crippen LogP contribution in [0.25, 0.3) is 0 Å². The van der Waals surface area contributed by atoms with Crippen LogP contribution in [0.2, 0.25) is 0 Å². The van der Waals surface area contributed by atoms with Gasteiger partial charge in [0.15, 0.2) is 0 Å². The second-order valence-corrected chi connectivity index (χ2v) is 9.56. The molecule has 32 heavy (non-hydrogen) atoms. The van der Waals surface area contributed by atoms with Crippen LogP contribution in [0.3, 0.4) is 0 Å². The lowest BCUT2D eigenvalue weighted by Gasteiger charge is -2.20. The van der Waals surface area contributed by atoms with E-state index in [1.807, 2.05) is 25.1 Å². The fraction of sp³-hybridized carbons (Fsp3) is 0.240. The lowest BCUT2D eigenvalue weighted by Crippen LogP contribution is -2.33. The molecule has 0 unspecified atom stereocenters. The van der Waals surface area contributed by atoms with E-state index in [0.29, 0.717) is 17.0 Å². The summed E-state index contributed by atoms with van der Waals surface area (Å²) in [6.07, 6.45) is 1.71. The first-order valence-corrected chi connectivity index (χ1v) is 11.8. The summed E-state index contributed by atoms with van der Waals surface area (Å²) in [4.78, 5) is 12.7. The highest BCUT2D eigenvalue weighted by Gasteiger charge is 2.21. The Kier molecular flexibility index (Phi) is 7.53. The van der Waals surface area contributed by atoms with Crippen LogP contribution in [0.15, 0.2) is 83.8 Å². The zero-order chi connectivity index (χ0) is 23.1. The Balaban J connectivity index is 1.62. The molecule has 7 heteroatoms. The van der Waals surface area contributed by atoms with Gasteiger partial charge in [0.1, 0.15) is 5.75 Å². The Morgan fingerprint density at radius 2 is 1.59 bits per heavy atom. The molecule has 0 bridgehead atoms. The van der Waals surface area contributed by atoms with Gasteiger partial charge >= 0.3 is 0 Å². The van der Waals surface area contributed by atoms with Crippen molar-refractivity contribution in [2.75, 3.05) is 18.5 Å². The summed E-state index contributed by atoms with van der Waals surface area (Å²) < 4.78 is 32.1. The molecule has 3 aromatic rings. The molecule has 0 fully saturated rings. The zero-order valence-electron chi connectivity index (χ0n) is 18.5. The van der Waals surface area contributed by atoms with Gasteiger partial charge in [-0.05, 0) is 73.9 Å². The van der Waals surface area contributed by atoms with Crippen molar-refractivity contribution in [3.8, 4) is 5.75 Å². The average molecular weight is 453 g/mol. The maximum atomic E-state index is 12.9. The Labute approximate surface area is 189 Å². The number of amides is 1. The SMILES string of the molecule is COc1ccc(S(=O)(=O)N(C)c2ccc(C(=O)N[C@@H](C)CCc3ccccc3)cc2)cc1. The van der Waals surface area contributed by atoms with E-state index in [-0.39, 0.29) is 16.8 Å². The van der Waals surface area contributed by atoms with Crippen molar-refractivity contribution in [2.45, 2.75) is 30.7 Å². The number of ether oxygens (including phenoxy) is 1. The second kappa shape index (κ2) is 10.3. The number of nitrogens with one attached hydrogen (secondary N) is 1. The van der Waals surface area contributed by atoms with Gasteiger partial charge in [0, 0.05) is 18.7 Å². The predicted octanol–water partition coefficient (Wildman–Crippen LogP) is 4.27. The Morgan fingerprint density at radius 1 is 0.969 bits per heavy atom. The number of carbonyl (C=O) groups excluding carboxylic acids is 1. The fourth-order valence-corrected chi connectivity index (χ4v) is 4.47. The van der Waals surface area contributed by atoms with Gasteiger partial charge in [-0.15, -0.1) is 0 Å². The number of hydrogen-bond acceptors (Lipinski definition) is 4. The van der Waals surface area contributed by atoms with E-state index in [1.54, 1.807) is 36.4 Å². The van der Waals surface area contributed by atoms with Crippen LogP contribution in [-0.2, 0) is 16.4 Å². The highest BCUT2D eigenvalue weighted by molar-refractivity contribution is 7.92. The minimum atomic E-state index is -3.73. The molecular formula is C25H28N2O4S. The molecular weight excluding hydrogens is 424 g/mol. The third-order valence-electron chi connectivity index (χ3n) is 5.30. The molecule has 0 aromatic heterocycles. The lowest BCUT2D eigenvalue weighted by atomic mass is 10.1. The van der Waals surface area contributed by atoms with E-state index in [4.69, 9.17) is 4.74 Å². The number of hydrogen-bond donors (Lipinski definition) is 1. The number of nitrogens with zero attached hydrogens (tertiary/aromatic N) is 1. The Hall–Kier alpha value is -3.32. The average Bonchev–Trinajstić information content (AvgIpc) is 2.83. The van der Waals surface area contributed by atoms with E-state index in [2.05, 4.69) is 17.4 Å². The van der Waals surface area contributed by atoms with Crippen molar-refractivity contribution < 1.29 is 17.9 Å². The number of sulfonamides is 1. The maximum absolute atomic E-state index is 12.9. The highest BCUT2D eigenvalue weighted by Crippen LogP contribution is 2.24. The van der Waals surface area contributed by atoms with E-state index in [9.17, 15) is 13.2 Å². The Morgan fingerprint density at radius 3 is 2.19 bits per heavy atom. The van der Waals surface area contributed by atoms with Gasteiger partial charge in [-0.3, -0.25) is 9.10 Å². The van der Waals surface area contributed by atoms with E-state index < -0.39 is 10.0 Å². The molecule has 6 nitrogen and oxygen atoms in total. The van der Waals surface area contributed by atoms with Gasteiger partial charge in [-0.2, -0.15) is 0 Å². The molecule has 3 rings (SSSR count). The third-order valence-corrected chi connectivity index (χ3v) is 7.10. The molecule has 0 spiro atoms. The zero-order valence-corrected chi connectivity index (χ0v) is 19.3. The van der Waals surface area contributed by atoms with E-state index in [0.717, 1.165) is 12.8 Å². The van der Waals surface area contributed by atoms with Crippen LogP contribution in [0.5, 0.6) is 5.75 Å². The van der Waals surface area contributed by atoms with Crippen molar-refractivity contribution in [3.05, 3.63) is 90.0 Å². The highest BCUT2D eigenvalue weighted by atomic mass is 32.2. The second-order valence-electron chi connectivity index (χ2n) is 7.59. The van der Waals surface area contributed by atoms with Crippen molar-refractivity contribution >= 4 is 21.6 Å². The molecule has 1 atom stereocenters. The van der Waals surface area contributed by atoms with Crippen LogP contribution in [0, 0.1) is 0 Å². The van der Waals surface area contributed by atoms with Crippen molar-refractivity contribution in [1.82, 2.24) is 5.32 Å². The molecule has 0 heterocycles. The molecule has 0 aliphatic heterocycles. The quantitative estimate of drug-likeness (QED) is 0.526. The third kappa shape index (κ3) is 5.68. The summed E-state index contributed by atoms with van der Waals surface area (Å²) in [6, 6.07) is 22.9. The first-order chi connectivity index (χ1) is 15.3. The minimum Gasteiger partial charge on any atom is -0.497 e. The number of anilines is 1. The van der Waals surface area contributed by atoms with Crippen molar-refractivity contribution in [3.63, 3.8) is 0 Å². The summed E-state index contributed by atoms with van der Waals surface area (Å²) in [6.45, 7) is 1.98. The summed E-state index contributed by atoms with van der Waals surface area (Å²) in [5.74, 6) is 0.401. The lowest BCUT2D eigenvalue weighted by molar-refractivity contribution is 0.0938. The monoisotopic (exact) mass is 452 g/mol. The van der Waals surface area contributed by atoms with Crippen LogP contribution in [-0.4, -0.2) is 34.5 Å². The van der Waals surface area contributed by atoms with Gasteiger partial charge in [0.05, 0.1) is 17.7 Å². The molecule has 0 saturated carbocycles. The molecule has 0 radical (unpaired) electrons. The van der Waals surface area contributed by atoms with Gasteiger partial charge in [-0.1, -0.05) is 30.3 Å². The van der Waals surface area contributed by atoms with Crippen LogP contribution in [0.1, 0.15) is 29.3 Å². The molecule has 0 aliphatic carbocycles.